The van der Waals surface area contributed by atoms with Crippen LogP contribution in [0, 0.1) is 17.3 Å². The van der Waals surface area contributed by atoms with Crippen LogP contribution in [0.3, 0.4) is 0 Å². The molecule has 3 unspecified atom stereocenters. The van der Waals surface area contributed by atoms with Crippen molar-refractivity contribution in [3.8, 4) is 0 Å². The summed E-state index contributed by atoms with van der Waals surface area (Å²) in [4.78, 5) is 0. The molecule has 0 spiro atoms. The average Bonchev–Trinajstić information content (AvgIpc) is 2.41. The second-order valence-electron chi connectivity index (χ2n) is 4.68. The van der Waals surface area contributed by atoms with E-state index in [1.165, 1.54) is 0 Å². The summed E-state index contributed by atoms with van der Waals surface area (Å²) in [7, 11) is 0. The standard InChI is InChI=1S/C9H15F.C2H6/c1-6-4-9(10)5-7(6)8(9,2)3;1-2/h6-7H,4-5H2,1-3H3;1-2H3. The van der Waals surface area contributed by atoms with Crippen LogP contribution in [0.25, 0.3) is 0 Å². The lowest BCUT2D eigenvalue weighted by Gasteiger charge is -2.49. The topological polar surface area (TPSA) is 0 Å². The van der Waals surface area contributed by atoms with Crippen LogP contribution >= 0.6 is 0 Å². The summed E-state index contributed by atoms with van der Waals surface area (Å²) in [5.41, 5.74) is -0.802. The second kappa shape index (κ2) is 2.71. The molecule has 2 bridgehead atoms. The van der Waals surface area contributed by atoms with Crippen LogP contribution in [-0.2, 0) is 0 Å². The Morgan fingerprint density at radius 1 is 1.17 bits per heavy atom. The van der Waals surface area contributed by atoms with Crippen molar-refractivity contribution in [2.24, 2.45) is 17.3 Å². The molecule has 0 radical (unpaired) electrons. The predicted octanol–water partition coefficient (Wildman–Crippen LogP) is 3.81. The van der Waals surface area contributed by atoms with Crippen molar-refractivity contribution in [3.63, 3.8) is 0 Å². The van der Waals surface area contributed by atoms with Gasteiger partial charge in [-0.25, -0.2) is 4.39 Å². The molecular formula is C11H21F. The molecule has 1 heteroatoms. The van der Waals surface area contributed by atoms with Crippen molar-refractivity contribution in [2.45, 2.75) is 53.1 Å². The lowest BCUT2D eigenvalue weighted by Crippen LogP contribution is -2.50. The first kappa shape index (κ1) is 10.0. The van der Waals surface area contributed by atoms with Crippen LogP contribution in [0.15, 0.2) is 0 Å². The van der Waals surface area contributed by atoms with E-state index < -0.39 is 5.67 Å². The van der Waals surface area contributed by atoms with Gasteiger partial charge < -0.3 is 0 Å². The van der Waals surface area contributed by atoms with E-state index in [1.54, 1.807) is 0 Å². The van der Waals surface area contributed by atoms with Crippen LogP contribution in [0.4, 0.5) is 4.39 Å². The van der Waals surface area contributed by atoms with E-state index in [4.69, 9.17) is 0 Å². The summed E-state index contributed by atoms with van der Waals surface area (Å²) in [6, 6.07) is 0. The third kappa shape index (κ3) is 0.946. The maximum Gasteiger partial charge on any atom is 0.117 e. The molecule has 3 aliphatic rings. The number of halogens is 1. The van der Waals surface area contributed by atoms with Gasteiger partial charge in [0.25, 0.3) is 0 Å². The molecule has 0 heterocycles. The van der Waals surface area contributed by atoms with Gasteiger partial charge in [-0.2, -0.15) is 0 Å². The molecule has 0 aliphatic heterocycles. The van der Waals surface area contributed by atoms with Crippen LogP contribution in [-0.4, -0.2) is 5.67 Å². The lowest BCUT2D eigenvalue weighted by molar-refractivity contribution is -0.0851. The highest BCUT2D eigenvalue weighted by Gasteiger charge is 2.68. The minimum absolute atomic E-state index is 0.00752. The van der Waals surface area contributed by atoms with E-state index in [-0.39, 0.29) is 5.41 Å². The van der Waals surface area contributed by atoms with Crippen molar-refractivity contribution >= 4 is 0 Å². The smallest absolute Gasteiger partial charge is 0.117 e. The van der Waals surface area contributed by atoms with Crippen LogP contribution < -0.4 is 0 Å². The van der Waals surface area contributed by atoms with E-state index >= 15 is 0 Å². The number of rotatable bonds is 0. The molecule has 3 rings (SSSR count). The largest absolute Gasteiger partial charge is 0.243 e. The maximum absolute atomic E-state index is 13.7. The summed E-state index contributed by atoms with van der Waals surface area (Å²) in [5.74, 6) is 1.29. The third-order valence-electron chi connectivity index (χ3n) is 3.96. The predicted molar refractivity (Wildman–Crippen MR) is 50.9 cm³/mol. The summed E-state index contributed by atoms with van der Waals surface area (Å²) in [5, 5.41) is 0. The molecule has 0 saturated heterocycles. The molecule has 72 valence electrons. The molecule has 0 nitrogen and oxygen atoms in total. The fourth-order valence-electron chi connectivity index (χ4n) is 2.98. The fraction of sp³-hybridized carbons (Fsp3) is 1.00. The third-order valence-corrected chi connectivity index (χ3v) is 3.96. The summed E-state index contributed by atoms with van der Waals surface area (Å²) in [6.45, 7) is 10.3. The van der Waals surface area contributed by atoms with Gasteiger partial charge in [-0.3, -0.25) is 0 Å². The highest BCUT2D eigenvalue weighted by molar-refractivity contribution is 5.17. The first-order chi connectivity index (χ1) is 5.47. The quantitative estimate of drug-likeness (QED) is 0.521. The Morgan fingerprint density at radius 2 is 1.67 bits per heavy atom. The van der Waals surface area contributed by atoms with E-state index in [0.29, 0.717) is 11.8 Å². The molecule has 0 N–H and O–H groups in total. The Hall–Kier alpha value is -0.0700. The minimum atomic E-state index is -0.795. The zero-order valence-electron chi connectivity index (χ0n) is 8.95. The highest BCUT2D eigenvalue weighted by Crippen LogP contribution is 2.68. The Bertz CT molecular complexity index is 171. The highest BCUT2D eigenvalue weighted by atomic mass is 19.1. The number of hydrogen-bond acceptors (Lipinski definition) is 0. The molecule has 0 aromatic carbocycles. The van der Waals surface area contributed by atoms with Gasteiger partial charge in [0.1, 0.15) is 5.67 Å². The normalized spacial score (nSPS) is 47.5. The number of alkyl halides is 1. The van der Waals surface area contributed by atoms with E-state index in [9.17, 15) is 4.39 Å². The first-order valence-electron chi connectivity index (χ1n) is 5.16. The van der Waals surface area contributed by atoms with E-state index in [1.807, 2.05) is 13.8 Å². The van der Waals surface area contributed by atoms with Gasteiger partial charge in [0.2, 0.25) is 0 Å². The molecule has 3 atom stereocenters. The SMILES string of the molecule is CC.CC1CC2(F)CC1C2(C)C. The Labute approximate surface area is 75.5 Å². The maximum atomic E-state index is 13.7. The van der Waals surface area contributed by atoms with Gasteiger partial charge >= 0.3 is 0 Å². The van der Waals surface area contributed by atoms with Crippen molar-refractivity contribution in [1.29, 1.82) is 0 Å². The van der Waals surface area contributed by atoms with Crippen LogP contribution in [0.2, 0.25) is 0 Å². The fourth-order valence-corrected chi connectivity index (χ4v) is 2.98. The van der Waals surface area contributed by atoms with Crippen LogP contribution in [0.5, 0.6) is 0 Å². The summed E-state index contributed by atoms with van der Waals surface area (Å²) >= 11 is 0. The van der Waals surface area contributed by atoms with Gasteiger partial charge in [-0.05, 0) is 24.7 Å². The summed E-state index contributed by atoms with van der Waals surface area (Å²) < 4.78 is 13.7. The molecule has 3 fully saturated rings. The lowest BCUT2D eigenvalue weighted by atomic mass is 9.58. The molecule has 12 heavy (non-hydrogen) atoms. The zero-order chi connectivity index (χ0) is 9.57. The Balaban J connectivity index is 0.000000336. The molecule has 3 aliphatic carbocycles. The molecule has 0 aromatic heterocycles. The van der Waals surface area contributed by atoms with Crippen molar-refractivity contribution in [1.82, 2.24) is 0 Å². The molecule has 0 amide bonds. The van der Waals surface area contributed by atoms with Gasteiger partial charge in [0.15, 0.2) is 0 Å². The van der Waals surface area contributed by atoms with Gasteiger partial charge in [0, 0.05) is 5.41 Å². The van der Waals surface area contributed by atoms with Crippen molar-refractivity contribution < 1.29 is 4.39 Å². The molecule has 0 aromatic rings. The number of hydrogen-bond donors (Lipinski definition) is 0. The first-order valence-corrected chi connectivity index (χ1v) is 5.16. The Morgan fingerprint density at radius 3 is 1.75 bits per heavy atom. The van der Waals surface area contributed by atoms with Crippen LogP contribution in [0.1, 0.15) is 47.5 Å². The second-order valence-corrected chi connectivity index (χ2v) is 4.68. The monoisotopic (exact) mass is 172 g/mol. The molecule has 3 saturated carbocycles. The van der Waals surface area contributed by atoms with Crippen molar-refractivity contribution in [2.75, 3.05) is 0 Å². The average molecular weight is 172 g/mol. The van der Waals surface area contributed by atoms with E-state index in [0.717, 1.165) is 12.8 Å². The van der Waals surface area contributed by atoms with Crippen molar-refractivity contribution in [3.05, 3.63) is 0 Å². The van der Waals surface area contributed by atoms with Gasteiger partial charge in [-0.1, -0.05) is 34.6 Å². The van der Waals surface area contributed by atoms with Gasteiger partial charge in [0.05, 0.1) is 0 Å². The Kier molecular flexibility index (Phi) is 2.26. The van der Waals surface area contributed by atoms with E-state index in [2.05, 4.69) is 20.8 Å². The summed E-state index contributed by atoms with van der Waals surface area (Å²) in [6.07, 6.45) is 1.64. The number of fused-ring (bicyclic) bond motifs is 1. The van der Waals surface area contributed by atoms with Gasteiger partial charge in [-0.15, -0.1) is 0 Å². The minimum Gasteiger partial charge on any atom is -0.243 e. The molecular weight excluding hydrogens is 151 g/mol. The zero-order valence-corrected chi connectivity index (χ0v) is 8.95.